The minimum absolute atomic E-state index is 0.210. The van der Waals surface area contributed by atoms with Gasteiger partial charge in [-0.05, 0) is 43.5 Å². The molecule has 0 saturated heterocycles. The maximum atomic E-state index is 13.4. The number of nitrogens with one attached hydrogen (secondary N) is 1. The van der Waals surface area contributed by atoms with Crippen LogP contribution in [-0.4, -0.2) is 17.6 Å². The molecule has 5 heteroatoms. The molecule has 1 aromatic rings. The Morgan fingerprint density at radius 3 is 2.89 bits per heavy atom. The monoisotopic (exact) mass is 331 g/mol. The highest BCUT2D eigenvalue weighted by atomic mass is 79.9. The fourth-order valence-electron chi connectivity index (χ4n) is 1.76. The number of carbonyl (C=O) groups is 1. The van der Waals surface area contributed by atoms with Crippen molar-refractivity contribution in [2.45, 2.75) is 32.7 Å². The molecule has 0 aliphatic carbocycles. The predicted octanol–water partition coefficient (Wildman–Crippen LogP) is 3.57. The first-order valence-corrected chi connectivity index (χ1v) is 7.14. The van der Waals surface area contributed by atoms with Gasteiger partial charge in [-0.1, -0.05) is 22.9 Å². The van der Waals surface area contributed by atoms with Crippen molar-refractivity contribution in [2.75, 3.05) is 6.54 Å². The number of carboxylic acid groups (broad SMARTS) is 1. The minimum atomic E-state index is -0.754. The Morgan fingerprint density at radius 2 is 2.21 bits per heavy atom. The maximum Gasteiger partial charge on any atom is 0.303 e. The molecule has 19 heavy (non-hydrogen) atoms. The quantitative estimate of drug-likeness (QED) is 0.716. The molecule has 0 fully saturated rings. The van der Waals surface area contributed by atoms with Gasteiger partial charge in [-0.2, -0.15) is 0 Å². The Bertz CT molecular complexity index is 426. The van der Waals surface area contributed by atoms with Gasteiger partial charge in [-0.3, -0.25) is 4.79 Å². The summed E-state index contributed by atoms with van der Waals surface area (Å²) in [5, 5.41) is 11.8. The first-order valence-electron chi connectivity index (χ1n) is 6.35. The molecule has 0 bridgehead atoms. The Hall–Kier alpha value is -0.940. The van der Waals surface area contributed by atoms with E-state index in [1.54, 1.807) is 12.1 Å². The molecule has 0 aliphatic heterocycles. The average molecular weight is 332 g/mol. The predicted molar refractivity (Wildman–Crippen MR) is 76.5 cm³/mol. The van der Waals surface area contributed by atoms with Gasteiger partial charge in [0.2, 0.25) is 0 Å². The van der Waals surface area contributed by atoms with E-state index in [4.69, 9.17) is 5.11 Å². The van der Waals surface area contributed by atoms with E-state index in [0.29, 0.717) is 24.4 Å². The molecule has 1 atom stereocenters. The van der Waals surface area contributed by atoms with E-state index in [1.165, 1.54) is 6.07 Å². The second-order valence-electron chi connectivity index (χ2n) is 4.74. The van der Waals surface area contributed by atoms with Crippen molar-refractivity contribution in [1.29, 1.82) is 0 Å². The van der Waals surface area contributed by atoms with Gasteiger partial charge in [0.25, 0.3) is 0 Å². The molecular weight excluding hydrogens is 313 g/mol. The smallest absolute Gasteiger partial charge is 0.303 e. The van der Waals surface area contributed by atoms with Crippen LogP contribution in [-0.2, 0) is 11.3 Å². The number of carboxylic acids is 1. The number of hydrogen-bond acceptors (Lipinski definition) is 2. The van der Waals surface area contributed by atoms with Crippen LogP contribution in [0.2, 0.25) is 0 Å². The highest BCUT2D eigenvalue weighted by molar-refractivity contribution is 9.10. The average Bonchev–Trinajstić information content (AvgIpc) is 2.36. The van der Waals surface area contributed by atoms with Gasteiger partial charge >= 0.3 is 5.97 Å². The molecule has 0 spiro atoms. The zero-order chi connectivity index (χ0) is 14.3. The van der Waals surface area contributed by atoms with Crippen LogP contribution >= 0.6 is 15.9 Å². The van der Waals surface area contributed by atoms with Crippen LogP contribution in [0.25, 0.3) is 0 Å². The van der Waals surface area contributed by atoms with Crippen LogP contribution in [0.3, 0.4) is 0 Å². The van der Waals surface area contributed by atoms with Crippen molar-refractivity contribution in [2.24, 2.45) is 5.92 Å². The van der Waals surface area contributed by atoms with Crippen molar-refractivity contribution >= 4 is 21.9 Å². The Morgan fingerprint density at radius 1 is 1.47 bits per heavy atom. The number of benzene rings is 1. The van der Waals surface area contributed by atoms with Crippen LogP contribution in [0, 0.1) is 11.7 Å². The van der Waals surface area contributed by atoms with Crippen molar-refractivity contribution in [3.05, 3.63) is 34.1 Å². The molecular formula is C14H19BrFNO2. The second-order valence-corrected chi connectivity index (χ2v) is 5.65. The van der Waals surface area contributed by atoms with Crippen LogP contribution in [0.5, 0.6) is 0 Å². The maximum absolute atomic E-state index is 13.4. The standard InChI is InChI=1S/C14H19BrFNO2/c1-10(2-5-14(18)19)6-7-17-9-11-8-12(15)3-4-13(11)16/h3-4,8,10,17H,2,5-7,9H2,1H3,(H,18,19). The third kappa shape index (κ3) is 6.68. The summed E-state index contributed by atoms with van der Waals surface area (Å²) in [6.07, 6.45) is 1.78. The SMILES string of the molecule is CC(CCNCc1cc(Br)ccc1F)CCC(=O)O. The molecule has 1 rings (SSSR count). The van der Waals surface area contributed by atoms with E-state index in [1.807, 2.05) is 6.92 Å². The van der Waals surface area contributed by atoms with Crippen molar-refractivity contribution < 1.29 is 14.3 Å². The van der Waals surface area contributed by atoms with Gasteiger partial charge in [-0.15, -0.1) is 0 Å². The molecule has 0 aliphatic rings. The first-order chi connectivity index (χ1) is 8.99. The summed E-state index contributed by atoms with van der Waals surface area (Å²) in [7, 11) is 0. The highest BCUT2D eigenvalue weighted by Gasteiger charge is 2.06. The van der Waals surface area contributed by atoms with Gasteiger partial charge < -0.3 is 10.4 Å². The molecule has 106 valence electrons. The van der Waals surface area contributed by atoms with Gasteiger partial charge in [0.1, 0.15) is 5.82 Å². The number of aliphatic carboxylic acids is 1. The van der Waals surface area contributed by atoms with Gasteiger partial charge in [0.05, 0.1) is 0 Å². The van der Waals surface area contributed by atoms with Crippen molar-refractivity contribution in [1.82, 2.24) is 5.32 Å². The number of rotatable bonds is 8. The molecule has 0 heterocycles. The van der Waals surface area contributed by atoms with E-state index in [-0.39, 0.29) is 12.2 Å². The van der Waals surface area contributed by atoms with Crippen LogP contribution in [0.1, 0.15) is 31.7 Å². The highest BCUT2D eigenvalue weighted by Crippen LogP contribution is 2.15. The Balaban J connectivity index is 2.23. The summed E-state index contributed by atoms with van der Waals surface area (Å²) in [6.45, 7) is 3.27. The number of hydrogen-bond donors (Lipinski definition) is 2. The summed E-state index contributed by atoms with van der Waals surface area (Å²) in [6, 6.07) is 4.87. The summed E-state index contributed by atoms with van der Waals surface area (Å²) in [5.41, 5.74) is 0.632. The molecule has 1 unspecified atom stereocenters. The molecule has 1 aromatic carbocycles. The van der Waals surface area contributed by atoms with E-state index in [9.17, 15) is 9.18 Å². The van der Waals surface area contributed by atoms with E-state index in [2.05, 4.69) is 21.2 Å². The molecule has 0 radical (unpaired) electrons. The lowest BCUT2D eigenvalue weighted by atomic mass is 10.0. The zero-order valence-corrected chi connectivity index (χ0v) is 12.5. The fourth-order valence-corrected chi connectivity index (χ4v) is 2.17. The molecule has 0 aromatic heterocycles. The summed E-state index contributed by atoms with van der Waals surface area (Å²) in [4.78, 5) is 10.4. The Labute approximate surface area is 121 Å². The summed E-state index contributed by atoms with van der Waals surface area (Å²) < 4.78 is 14.3. The third-order valence-electron chi connectivity index (χ3n) is 2.99. The zero-order valence-electron chi connectivity index (χ0n) is 11.0. The van der Waals surface area contributed by atoms with E-state index >= 15 is 0 Å². The molecule has 3 nitrogen and oxygen atoms in total. The van der Waals surface area contributed by atoms with Crippen LogP contribution in [0.15, 0.2) is 22.7 Å². The second kappa shape index (κ2) is 8.27. The molecule has 2 N–H and O–H groups in total. The Kier molecular flexibility index (Phi) is 7.02. The van der Waals surface area contributed by atoms with Crippen LogP contribution in [0.4, 0.5) is 4.39 Å². The van der Waals surface area contributed by atoms with Gasteiger partial charge in [0, 0.05) is 23.0 Å². The third-order valence-corrected chi connectivity index (χ3v) is 3.48. The van der Waals surface area contributed by atoms with Gasteiger partial charge in [-0.25, -0.2) is 4.39 Å². The lowest BCUT2D eigenvalue weighted by Crippen LogP contribution is -2.18. The van der Waals surface area contributed by atoms with Crippen LogP contribution < -0.4 is 5.32 Å². The van der Waals surface area contributed by atoms with E-state index < -0.39 is 5.97 Å². The topological polar surface area (TPSA) is 49.3 Å². The van der Waals surface area contributed by atoms with E-state index in [0.717, 1.165) is 17.4 Å². The normalized spacial score (nSPS) is 12.4. The van der Waals surface area contributed by atoms with Crippen molar-refractivity contribution in [3.63, 3.8) is 0 Å². The largest absolute Gasteiger partial charge is 0.481 e. The summed E-state index contributed by atoms with van der Waals surface area (Å²) >= 11 is 3.31. The lowest BCUT2D eigenvalue weighted by Gasteiger charge is -2.11. The van der Waals surface area contributed by atoms with Crippen molar-refractivity contribution in [3.8, 4) is 0 Å². The summed E-state index contributed by atoms with van der Waals surface area (Å²) in [5.74, 6) is -0.610. The molecule has 0 amide bonds. The lowest BCUT2D eigenvalue weighted by molar-refractivity contribution is -0.137. The number of halogens is 2. The first kappa shape index (κ1) is 16.1. The fraction of sp³-hybridized carbons (Fsp3) is 0.500. The van der Waals surface area contributed by atoms with Gasteiger partial charge in [0.15, 0.2) is 0 Å². The minimum Gasteiger partial charge on any atom is -0.481 e. The molecule has 0 saturated carbocycles.